The lowest BCUT2D eigenvalue weighted by Crippen LogP contribution is -2.38. The molecular weight excluding hydrogens is 209 g/mol. The first-order valence-electron chi connectivity index (χ1n) is 5.48. The molecular formula is C10H16FN5. The van der Waals surface area contributed by atoms with Crippen molar-refractivity contribution in [2.75, 3.05) is 16.9 Å². The third-order valence-electron chi connectivity index (χ3n) is 2.93. The zero-order valence-electron chi connectivity index (χ0n) is 9.28. The van der Waals surface area contributed by atoms with Gasteiger partial charge in [0.1, 0.15) is 0 Å². The van der Waals surface area contributed by atoms with Crippen LogP contribution in [0, 0.1) is 5.82 Å². The molecule has 1 aliphatic rings. The SMILES string of the molecule is CC1CCCCN1c1nc(NN)ncc1F. The number of nitrogens with one attached hydrogen (secondary N) is 1. The van der Waals surface area contributed by atoms with Crippen LogP contribution in [0.5, 0.6) is 0 Å². The van der Waals surface area contributed by atoms with E-state index in [1.165, 1.54) is 6.42 Å². The summed E-state index contributed by atoms with van der Waals surface area (Å²) >= 11 is 0. The van der Waals surface area contributed by atoms with Gasteiger partial charge in [0.25, 0.3) is 0 Å². The molecule has 16 heavy (non-hydrogen) atoms. The molecule has 0 aliphatic carbocycles. The summed E-state index contributed by atoms with van der Waals surface area (Å²) in [6, 6.07) is 0.309. The van der Waals surface area contributed by atoms with E-state index in [1.807, 2.05) is 4.90 Å². The van der Waals surface area contributed by atoms with Gasteiger partial charge in [0.15, 0.2) is 11.6 Å². The van der Waals surface area contributed by atoms with Gasteiger partial charge >= 0.3 is 0 Å². The van der Waals surface area contributed by atoms with E-state index in [4.69, 9.17) is 5.84 Å². The fourth-order valence-electron chi connectivity index (χ4n) is 2.04. The molecule has 2 rings (SSSR count). The second-order valence-corrected chi connectivity index (χ2v) is 4.05. The van der Waals surface area contributed by atoms with Crippen LogP contribution in [-0.2, 0) is 0 Å². The summed E-state index contributed by atoms with van der Waals surface area (Å²) in [5.74, 6) is 5.41. The van der Waals surface area contributed by atoms with Crippen molar-refractivity contribution in [1.29, 1.82) is 0 Å². The molecule has 88 valence electrons. The molecule has 1 fully saturated rings. The van der Waals surface area contributed by atoms with E-state index in [2.05, 4.69) is 22.3 Å². The summed E-state index contributed by atoms with van der Waals surface area (Å²) in [6.45, 7) is 2.91. The molecule has 0 amide bonds. The lowest BCUT2D eigenvalue weighted by atomic mass is 10.0. The monoisotopic (exact) mass is 225 g/mol. The van der Waals surface area contributed by atoms with Gasteiger partial charge in [0.2, 0.25) is 5.95 Å². The van der Waals surface area contributed by atoms with Crippen LogP contribution >= 0.6 is 0 Å². The Morgan fingerprint density at radius 3 is 3.06 bits per heavy atom. The van der Waals surface area contributed by atoms with Crippen molar-refractivity contribution in [3.8, 4) is 0 Å². The van der Waals surface area contributed by atoms with Crippen LogP contribution in [0.15, 0.2) is 6.20 Å². The summed E-state index contributed by atoms with van der Waals surface area (Å²) in [4.78, 5) is 9.77. The Bertz CT molecular complexity index is 370. The molecule has 1 aromatic heterocycles. The Balaban J connectivity index is 2.30. The summed E-state index contributed by atoms with van der Waals surface area (Å²) < 4.78 is 13.6. The van der Waals surface area contributed by atoms with E-state index in [-0.39, 0.29) is 5.95 Å². The van der Waals surface area contributed by atoms with E-state index in [0.717, 1.165) is 25.6 Å². The van der Waals surface area contributed by atoms with Gasteiger partial charge in [-0.2, -0.15) is 4.98 Å². The predicted molar refractivity (Wildman–Crippen MR) is 60.5 cm³/mol. The van der Waals surface area contributed by atoms with Crippen molar-refractivity contribution in [3.05, 3.63) is 12.0 Å². The number of anilines is 2. The third-order valence-corrected chi connectivity index (χ3v) is 2.93. The van der Waals surface area contributed by atoms with Gasteiger partial charge in [-0.1, -0.05) is 0 Å². The van der Waals surface area contributed by atoms with Crippen molar-refractivity contribution in [3.63, 3.8) is 0 Å². The molecule has 1 aromatic rings. The van der Waals surface area contributed by atoms with Crippen LogP contribution in [0.2, 0.25) is 0 Å². The molecule has 6 heteroatoms. The number of halogens is 1. The highest BCUT2D eigenvalue weighted by Crippen LogP contribution is 2.25. The summed E-state index contributed by atoms with van der Waals surface area (Å²) in [7, 11) is 0. The minimum Gasteiger partial charge on any atom is -0.351 e. The molecule has 3 N–H and O–H groups in total. The molecule has 1 atom stereocenters. The highest BCUT2D eigenvalue weighted by Gasteiger charge is 2.22. The molecule has 1 saturated heterocycles. The normalized spacial score (nSPS) is 20.9. The number of hydrogen-bond donors (Lipinski definition) is 2. The van der Waals surface area contributed by atoms with Crippen LogP contribution in [0.4, 0.5) is 16.2 Å². The van der Waals surface area contributed by atoms with Crippen molar-refractivity contribution in [2.24, 2.45) is 5.84 Å². The maximum absolute atomic E-state index is 13.6. The highest BCUT2D eigenvalue weighted by atomic mass is 19.1. The van der Waals surface area contributed by atoms with Gasteiger partial charge in [-0.15, -0.1) is 0 Å². The topological polar surface area (TPSA) is 67.1 Å². The smallest absolute Gasteiger partial charge is 0.239 e. The Kier molecular flexibility index (Phi) is 3.19. The molecule has 1 unspecified atom stereocenters. The Hall–Kier alpha value is -1.43. The number of hydrogen-bond acceptors (Lipinski definition) is 5. The third kappa shape index (κ3) is 2.06. The molecule has 0 spiro atoms. The van der Waals surface area contributed by atoms with E-state index in [9.17, 15) is 4.39 Å². The second-order valence-electron chi connectivity index (χ2n) is 4.05. The lowest BCUT2D eigenvalue weighted by Gasteiger charge is -2.34. The number of rotatable bonds is 2. The van der Waals surface area contributed by atoms with Crippen LogP contribution in [-0.4, -0.2) is 22.6 Å². The predicted octanol–water partition coefficient (Wildman–Crippen LogP) is 1.28. The van der Waals surface area contributed by atoms with Gasteiger partial charge in [-0.05, 0) is 26.2 Å². The van der Waals surface area contributed by atoms with Crippen molar-refractivity contribution >= 4 is 11.8 Å². The molecule has 1 aliphatic heterocycles. The first-order valence-corrected chi connectivity index (χ1v) is 5.48. The van der Waals surface area contributed by atoms with E-state index in [0.29, 0.717) is 11.9 Å². The fraction of sp³-hybridized carbons (Fsp3) is 0.600. The number of nitrogens with zero attached hydrogens (tertiary/aromatic N) is 3. The van der Waals surface area contributed by atoms with Gasteiger partial charge in [-0.3, -0.25) is 5.43 Å². The maximum Gasteiger partial charge on any atom is 0.239 e. The number of hydrazine groups is 1. The Morgan fingerprint density at radius 1 is 1.56 bits per heavy atom. The van der Waals surface area contributed by atoms with Crippen molar-refractivity contribution in [2.45, 2.75) is 32.2 Å². The Morgan fingerprint density at radius 2 is 2.38 bits per heavy atom. The van der Waals surface area contributed by atoms with Crippen molar-refractivity contribution in [1.82, 2.24) is 9.97 Å². The van der Waals surface area contributed by atoms with Crippen molar-refractivity contribution < 1.29 is 4.39 Å². The number of piperidine rings is 1. The minimum atomic E-state index is -0.396. The van der Waals surface area contributed by atoms with Gasteiger partial charge in [0.05, 0.1) is 6.20 Å². The van der Waals surface area contributed by atoms with Crippen LogP contribution in [0.1, 0.15) is 26.2 Å². The maximum atomic E-state index is 13.6. The molecule has 0 aromatic carbocycles. The standard InChI is InChI=1S/C10H16FN5/c1-7-4-2-3-5-16(7)9-8(11)6-13-10(14-9)15-12/h6-7H,2-5,12H2,1H3,(H,13,14,15). The van der Waals surface area contributed by atoms with E-state index >= 15 is 0 Å². The average molecular weight is 225 g/mol. The summed E-state index contributed by atoms with van der Waals surface area (Å²) in [5.41, 5.74) is 2.33. The fourth-order valence-corrected chi connectivity index (χ4v) is 2.04. The van der Waals surface area contributed by atoms with Gasteiger partial charge < -0.3 is 4.90 Å². The largest absolute Gasteiger partial charge is 0.351 e. The van der Waals surface area contributed by atoms with E-state index in [1.54, 1.807) is 0 Å². The summed E-state index contributed by atoms with van der Waals surface area (Å²) in [5, 5.41) is 0. The first-order chi connectivity index (χ1) is 7.72. The van der Waals surface area contributed by atoms with Crippen LogP contribution < -0.4 is 16.2 Å². The molecule has 0 saturated carbocycles. The zero-order valence-corrected chi connectivity index (χ0v) is 9.28. The molecule has 0 radical (unpaired) electrons. The lowest BCUT2D eigenvalue weighted by molar-refractivity contribution is 0.470. The molecule has 2 heterocycles. The van der Waals surface area contributed by atoms with E-state index < -0.39 is 5.82 Å². The quantitative estimate of drug-likeness (QED) is 0.586. The number of nitrogens with two attached hydrogens (primary N) is 1. The summed E-state index contributed by atoms with van der Waals surface area (Å²) in [6.07, 6.45) is 4.47. The highest BCUT2D eigenvalue weighted by molar-refractivity contribution is 5.44. The average Bonchev–Trinajstić information content (AvgIpc) is 2.31. The molecule has 0 bridgehead atoms. The molecule has 5 nitrogen and oxygen atoms in total. The van der Waals surface area contributed by atoms with Gasteiger partial charge in [-0.25, -0.2) is 15.2 Å². The minimum absolute atomic E-state index is 0.245. The van der Waals surface area contributed by atoms with Crippen LogP contribution in [0.25, 0.3) is 0 Å². The zero-order chi connectivity index (χ0) is 11.5. The first kappa shape index (κ1) is 11.1. The van der Waals surface area contributed by atoms with Gasteiger partial charge in [0, 0.05) is 12.6 Å². The number of nitrogen functional groups attached to an aromatic ring is 1. The van der Waals surface area contributed by atoms with Crippen LogP contribution in [0.3, 0.4) is 0 Å². The number of aromatic nitrogens is 2. The second kappa shape index (κ2) is 4.61. The Labute approximate surface area is 93.8 Å².